The number of carbonyl (C=O) groups is 1. The molecular formula is C28H40N2O2. The number of aryl methyl sites for hydroxylation is 3. The third kappa shape index (κ3) is 7.09. The van der Waals surface area contributed by atoms with E-state index in [4.69, 9.17) is 4.74 Å². The highest BCUT2D eigenvalue weighted by Gasteiger charge is 2.30. The number of benzene rings is 2. The first kappa shape index (κ1) is 24.3. The minimum Gasteiger partial charge on any atom is -0.493 e. The number of likely N-dealkylation sites (tertiary alicyclic amines) is 1. The van der Waals surface area contributed by atoms with Gasteiger partial charge >= 0.3 is 0 Å². The smallest absolute Gasteiger partial charge is 0.225 e. The van der Waals surface area contributed by atoms with Crippen molar-refractivity contribution in [3.63, 3.8) is 0 Å². The van der Waals surface area contributed by atoms with Crippen LogP contribution in [0, 0.1) is 26.2 Å². The highest BCUT2D eigenvalue weighted by atomic mass is 16.5. The second-order valence-corrected chi connectivity index (χ2v) is 10.1. The topological polar surface area (TPSA) is 41.6 Å². The molecule has 1 aliphatic rings. The second-order valence-electron chi connectivity index (χ2n) is 10.1. The van der Waals surface area contributed by atoms with Gasteiger partial charge in [0.05, 0.1) is 6.61 Å². The van der Waals surface area contributed by atoms with Gasteiger partial charge in [-0.2, -0.15) is 0 Å². The lowest BCUT2D eigenvalue weighted by Crippen LogP contribution is -2.48. The number of piperidine rings is 1. The van der Waals surface area contributed by atoms with Gasteiger partial charge in [0.2, 0.25) is 5.91 Å². The van der Waals surface area contributed by atoms with Gasteiger partial charge in [0, 0.05) is 31.1 Å². The molecule has 174 valence electrons. The summed E-state index contributed by atoms with van der Waals surface area (Å²) in [5.41, 5.74) is 4.64. The van der Waals surface area contributed by atoms with Crippen molar-refractivity contribution in [3.05, 3.63) is 64.7 Å². The molecule has 1 aliphatic heterocycles. The number of nitrogens with zero attached hydrogens (tertiary/aromatic N) is 1. The normalized spacial score (nSPS) is 15.5. The number of amides is 1. The predicted octanol–water partition coefficient (Wildman–Crippen LogP) is 5.58. The predicted molar refractivity (Wildman–Crippen MR) is 132 cm³/mol. The molecule has 2 aromatic carbocycles. The average Bonchev–Trinajstić information content (AvgIpc) is 2.76. The summed E-state index contributed by atoms with van der Waals surface area (Å²) in [5.74, 6) is 1.12. The minimum atomic E-state index is -0.385. The zero-order valence-electron chi connectivity index (χ0n) is 20.5. The van der Waals surface area contributed by atoms with Crippen molar-refractivity contribution in [1.29, 1.82) is 0 Å². The molecule has 0 saturated carbocycles. The van der Waals surface area contributed by atoms with Gasteiger partial charge in [0.25, 0.3) is 0 Å². The van der Waals surface area contributed by atoms with Crippen LogP contribution in [0.2, 0.25) is 0 Å². The van der Waals surface area contributed by atoms with Crippen molar-refractivity contribution < 1.29 is 9.53 Å². The number of hydrogen-bond acceptors (Lipinski definition) is 3. The van der Waals surface area contributed by atoms with Crippen LogP contribution >= 0.6 is 0 Å². The van der Waals surface area contributed by atoms with Crippen LogP contribution in [-0.4, -0.2) is 36.5 Å². The standard InChI is InChI=1S/C28H40N2O2/c1-21-8-11-24(12-9-21)20-30-16-13-25(14-17-30)29-27(31)28(4,5)15-6-18-32-26-19-22(2)7-10-23(26)3/h7-12,19,25H,6,13-18,20H2,1-5H3,(H,29,31). The van der Waals surface area contributed by atoms with Gasteiger partial charge in [-0.1, -0.05) is 55.8 Å². The van der Waals surface area contributed by atoms with E-state index in [-0.39, 0.29) is 17.4 Å². The molecule has 0 aromatic heterocycles. The fourth-order valence-electron chi connectivity index (χ4n) is 4.24. The van der Waals surface area contributed by atoms with Crippen LogP contribution in [0.15, 0.2) is 42.5 Å². The molecule has 0 spiro atoms. The van der Waals surface area contributed by atoms with E-state index in [0.29, 0.717) is 6.61 Å². The maximum absolute atomic E-state index is 12.9. The van der Waals surface area contributed by atoms with Crippen LogP contribution in [0.25, 0.3) is 0 Å². The van der Waals surface area contributed by atoms with Gasteiger partial charge in [-0.15, -0.1) is 0 Å². The lowest BCUT2D eigenvalue weighted by molar-refractivity contribution is -0.130. The number of ether oxygens (including phenoxy) is 1. The summed E-state index contributed by atoms with van der Waals surface area (Å²) in [6, 6.07) is 15.3. The van der Waals surface area contributed by atoms with Crippen molar-refractivity contribution >= 4 is 5.91 Å². The highest BCUT2D eigenvalue weighted by molar-refractivity contribution is 5.82. The lowest BCUT2D eigenvalue weighted by atomic mass is 9.86. The molecule has 4 heteroatoms. The van der Waals surface area contributed by atoms with Crippen molar-refractivity contribution in [2.45, 2.75) is 72.9 Å². The first-order valence-corrected chi connectivity index (χ1v) is 12.0. The third-order valence-corrected chi connectivity index (χ3v) is 6.61. The van der Waals surface area contributed by atoms with Crippen molar-refractivity contribution in [2.24, 2.45) is 5.41 Å². The average molecular weight is 437 g/mol. The molecule has 0 radical (unpaired) electrons. The first-order valence-electron chi connectivity index (χ1n) is 12.0. The third-order valence-electron chi connectivity index (χ3n) is 6.61. The summed E-state index contributed by atoms with van der Waals surface area (Å²) in [7, 11) is 0. The highest BCUT2D eigenvalue weighted by Crippen LogP contribution is 2.25. The van der Waals surface area contributed by atoms with Gasteiger partial charge in [-0.05, 0) is 69.2 Å². The lowest BCUT2D eigenvalue weighted by Gasteiger charge is -2.34. The molecular weight excluding hydrogens is 396 g/mol. The van der Waals surface area contributed by atoms with Crippen LogP contribution in [0.3, 0.4) is 0 Å². The van der Waals surface area contributed by atoms with Gasteiger partial charge in [-0.25, -0.2) is 0 Å². The van der Waals surface area contributed by atoms with Gasteiger partial charge < -0.3 is 10.1 Å². The summed E-state index contributed by atoms with van der Waals surface area (Å²) < 4.78 is 5.97. The molecule has 1 saturated heterocycles. The van der Waals surface area contributed by atoms with E-state index in [1.54, 1.807) is 0 Å². The summed E-state index contributed by atoms with van der Waals surface area (Å²) in [6.45, 7) is 14.1. The van der Waals surface area contributed by atoms with Crippen molar-refractivity contribution in [1.82, 2.24) is 10.2 Å². The molecule has 0 bridgehead atoms. The Hall–Kier alpha value is -2.33. The van der Waals surface area contributed by atoms with E-state index in [9.17, 15) is 4.79 Å². The maximum Gasteiger partial charge on any atom is 0.225 e. The first-order chi connectivity index (χ1) is 15.2. The molecule has 2 aromatic rings. The molecule has 1 N–H and O–H groups in total. The summed E-state index contributed by atoms with van der Waals surface area (Å²) in [5, 5.41) is 3.32. The molecule has 4 nitrogen and oxygen atoms in total. The number of hydrogen-bond donors (Lipinski definition) is 1. The summed E-state index contributed by atoms with van der Waals surface area (Å²) in [6.07, 6.45) is 3.71. The Morgan fingerprint density at radius 2 is 1.69 bits per heavy atom. The van der Waals surface area contributed by atoms with E-state index in [1.807, 2.05) is 13.8 Å². The number of rotatable bonds is 9. The quantitative estimate of drug-likeness (QED) is 0.522. The van der Waals surface area contributed by atoms with Gasteiger partial charge in [0.1, 0.15) is 5.75 Å². The van der Waals surface area contributed by atoms with Crippen LogP contribution in [-0.2, 0) is 11.3 Å². The fourth-order valence-corrected chi connectivity index (χ4v) is 4.24. The SMILES string of the molecule is Cc1ccc(CN2CCC(NC(=O)C(C)(C)CCCOc3cc(C)ccc3C)CC2)cc1. The number of nitrogens with one attached hydrogen (secondary N) is 1. The van der Waals surface area contributed by atoms with Gasteiger partial charge in [0.15, 0.2) is 0 Å². The Balaban J connectivity index is 1.37. The van der Waals surface area contributed by atoms with E-state index in [2.05, 4.69) is 73.5 Å². The van der Waals surface area contributed by atoms with Crippen LogP contribution < -0.4 is 10.1 Å². The fraction of sp³-hybridized carbons (Fsp3) is 0.536. The van der Waals surface area contributed by atoms with Crippen LogP contribution in [0.5, 0.6) is 5.75 Å². The zero-order chi connectivity index (χ0) is 23.1. The zero-order valence-corrected chi connectivity index (χ0v) is 20.5. The monoisotopic (exact) mass is 436 g/mol. The number of carbonyl (C=O) groups excluding carboxylic acids is 1. The second kappa shape index (κ2) is 11.0. The Labute approximate surface area is 194 Å². The Morgan fingerprint density at radius 3 is 2.38 bits per heavy atom. The van der Waals surface area contributed by atoms with Gasteiger partial charge in [-0.3, -0.25) is 9.69 Å². The Kier molecular flexibility index (Phi) is 8.36. The Bertz CT molecular complexity index is 881. The molecule has 0 unspecified atom stereocenters. The molecule has 32 heavy (non-hydrogen) atoms. The molecule has 1 heterocycles. The van der Waals surface area contributed by atoms with E-state index >= 15 is 0 Å². The van der Waals surface area contributed by atoms with Crippen molar-refractivity contribution in [2.75, 3.05) is 19.7 Å². The van der Waals surface area contributed by atoms with E-state index < -0.39 is 0 Å². The molecule has 3 rings (SSSR count). The van der Waals surface area contributed by atoms with Crippen molar-refractivity contribution in [3.8, 4) is 5.75 Å². The maximum atomic E-state index is 12.9. The van der Waals surface area contributed by atoms with E-state index in [1.165, 1.54) is 16.7 Å². The largest absolute Gasteiger partial charge is 0.493 e. The molecule has 1 amide bonds. The Morgan fingerprint density at radius 1 is 1.03 bits per heavy atom. The van der Waals surface area contributed by atoms with Crippen LogP contribution in [0.1, 0.15) is 61.8 Å². The summed E-state index contributed by atoms with van der Waals surface area (Å²) >= 11 is 0. The molecule has 0 atom stereocenters. The summed E-state index contributed by atoms with van der Waals surface area (Å²) in [4.78, 5) is 15.4. The molecule has 1 fully saturated rings. The minimum absolute atomic E-state index is 0.168. The van der Waals surface area contributed by atoms with Crippen LogP contribution in [0.4, 0.5) is 0 Å². The molecule has 0 aliphatic carbocycles. The van der Waals surface area contributed by atoms with E-state index in [0.717, 1.165) is 56.6 Å².